The van der Waals surface area contributed by atoms with Crippen LogP contribution in [-0.2, 0) is 0 Å². The first kappa shape index (κ1) is 16.0. The maximum absolute atomic E-state index is 13.5. The van der Waals surface area contributed by atoms with Crippen molar-refractivity contribution in [2.45, 2.75) is 25.8 Å². The van der Waals surface area contributed by atoms with Gasteiger partial charge in [-0.2, -0.15) is 0 Å². The molecular weight excluding hydrogens is 359 g/mol. The van der Waals surface area contributed by atoms with E-state index in [0.717, 1.165) is 34.1 Å². The first-order valence-corrected chi connectivity index (χ1v) is 8.43. The molecule has 0 bridgehead atoms. The maximum atomic E-state index is 13.5. The topological polar surface area (TPSA) is 32.3 Å². The van der Waals surface area contributed by atoms with E-state index in [4.69, 9.17) is 0 Å². The lowest BCUT2D eigenvalue weighted by atomic mass is 10.0. The van der Waals surface area contributed by atoms with Crippen molar-refractivity contribution in [3.05, 3.63) is 63.9 Å². The van der Waals surface area contributed by atoms with E-state index in [1.54, 1.807) is 11.0 Å². The minimum atomic E-state index is -0.265. The number of halogens is 2. The average Bonchev–Trinajstić information content (AvgIpc) is 3.00. The molecule has 0 saturated carbocycles. The molecule has 3 rings (SSSR count). The summed E-state index contributed by atoms with van der Waals surface area (Å²) < 4.78 is 14.5. The molecule has 0 aliphatic carbocycles. The van der Waals surface area contributed by atoms with Gasteiger partial charge >= 0.3 is 6.03 Å². The Kier molecular flexibility index (Phi) is 4.66. The van der Waals surface area contributed by atoms with Crippen LogP contribution in [0.15, 0.2) is 46.9 Å². The fourth-order valence-electron chi connectivity index (χ4n) is 2.99. The Morgan fingerprint density at radius 1 is 1.30 bits per heavy atom. The zero-order valence-electron chi connectivity index (χ0n) is 12.9. The van der Waals surface area contributed by atoms with Gasteiger partial charge in [0.2, 0.25) is 0 Å². The summed E-state index contributed by atoms with van der Waals surface area (Å²) in [7, 11) is 0. The van der Waals surface area contributed by atoms with Gasteiger partial charge in [0.05, 0.1) is 6.04 Å². The molecule has 0 spiro atoms. The van der Waals surface area contributed by atoms with Gasteiger partial charge in [0, 0.05) is 16.7 Å². The van der Waals surface area contributed by atoms with E-state index >= 15 is 0 Å². The van der Waals surface area contributed by atoms with Crippen molar-refractivity contribution in [3.63, 3.8) is 0 Å². The number of carbonyl (C=O) groups excluding carboxylic acids is 1. The zero-order valence-corrected chi connectivity index (χ0v) is 14.4. The quantitative estimate of drug-likeness (QED) is 0.760. The summed E-state index contributed by atoms with van der Waals surface area (Å²) in [5.41, 5.74) is 2.68. The van der Waals surface area contributed by atoms with Gasteiger partial charge in [-0.05, 0) is 61.2 Å². The summed E-state index contributed by atoms with van der Waals surface area (Å²) in [5.74, 6) is -0.265. The lowest BCUT2D eigenvalue weighted by Crippen LogP contribution is -2.34. The van der Waals surface area contributed by atoms with E-state index < -0.39 is 0 Å². The number of rotatable bonds is 2. The van der Waals surface area contributed by atoms with Crippen LogP contribution >= 0.6 is 15.9 Å². The van der Waals surface area contributed by atoms with Gasteiger partial charge in [-0.3, -0.25) is 0 Å². The molecule has 120 valence electrons. The Morgan fingerprint density at radius 3 is 2.87 bits per heavy atom. The number of aryl methyl sites for hydroxylation is 1. The third-order valence-electron chi connectivity index (χ3n) is 4.16. The van der Waals surface area contributed by atoms with E-state index in [-0.39, 0.29) is 17.9 Å². The summed E-state index contributed by atoms with van der Waals surface area (Å²) in [6, 6.07) is 12.0. The summed E-state index contributed by atoms with van der Waals surface area (Å²) in [5, 5.41) is 2.94. The van der Waals surface area contributed by atoms with Crippen LogP contribution in [0.3, 0.4) is 0 Å². The molecule has 2 amide bonds. The van der Waals surface area contributed by atoms with E-state index in [1.807, 2.05) is 31.2 Å². The van der Waals surface area contributed by atoms with Crippen LogP contribution in [0.5, 0.6) is 0 Å². The highest BCUT2D eigenvalue weighted by molar-refractivity contribution is 9.10. The lowest BCUT2D eigenvalue weighted by Gasteiger charge is -2.25. The number of urea groups is 1. The predicted octanol–water partition coefficient (Wildman–Crippen LogP) is 5.27. The van der Waals surface area contributed by atoms with Gasteiger partial charge < -0.3 is 10.2 Å². The molecule has 5 heteroatoms. The number of nitrogens with one attached hydrogen (secondary N) is 1. The van der Waals surface area contributed by atoms with Crippen molar-refractivity contribution in [1.29, 1.82) is 0 Å². The average molecular weight is 377 g/mol. The molecule has 2 aromatic carbocycles. The number of nitrogens with zero attached hydrogens (tertiary/aromatic N) is 1. The molecule has 2 aromatic rings. The minimum Gasteiger partial charge on any atom is -0.317 e. The van der Waals surface area contributed by atoms with Crippen molar-refractivity contribution < 1.29 is 9.18 Å². The van der Waals surface area contributed by atoms with Crippen molar-refractivity contribution >= 4 is 27.6 Å². The third kappa shape index (κ3) is 3.55. The van der Waals surface area contributed by atoms with Crippen LogP contribution in [0.1, 0.15) is 30.0 Å². The van der Waals surface area contributed by atoms with Crippen molar-refractivity contribution in [1.82, 2.24) is 4.90 Å². The minimum absolute atomic E-state index is 0.0674. The van der Waals surface area contributed by atoms with Crippen LogP contribution in [0.2, 0.25) is 0 Å². The van der Waals surface area contributed by atoms with Gasteiger partial charge in [0.1, 0.15) is 5.82 Å². The van der Waals surface area contributed by atoms with Crippen LogP contribution in [0.25, 0.3) is 0 Å². The molecule has 1 N–H and O–H groups in total. The highest BCUT2D eigenvalue weighted by atomic mass is 79.9. The summed E-state index contributed by atoms with van der Waals surface area (Å²) in [6.07, 6.45) is 1.78. The van der Waals surface area contributed by atoms with E-state index in [9.17, 15) is 9.18 Å². The predicted molar refractivity (Wildman–Crippen MR) is 93.0 cm³/mol. The number of hydrogen-bond donors (Lipinski definition) is 1. The summed E-state index contributed by atoms with van der Waals surface area (Å²) in [6.45, 7) is 2.66. The molecular formula is C18H18BrFN2O. The molecule has 0 radical (unpaired) electrons. The number of anilines is 1. The standard InChI is InChI=1S/C18H18BrFN2O/c1-12-10-15(7-8-16(12)19)21-18(23)22-9-3-6-17(22)13-4-2-5-14(20)11-13/h2,4-5,7-8,10-11,17H,3,6,9H2,1H3,(H,21,23)/t17-/m1/s1. The van der Waals surface area contributed by atoms with Gasteiger partial charge in [0.15, 0.2) is 0 Å². The monoisotopic (exact) mass is 376 g/mol. The number of benzene rings is 2. The Morgan fingerprint density at radius 2 is 2.13 bits per heavy atom. The Balaban J connectivity index is 1.76. The van der Waals surface area contributed by atoms with Crippen LogP contribution in [0, 0.1) is 12.7 Å². The third-order valence-corrected chi connectivity index (χ3v) is 5.05. The fraction of sp³-hybridized carbons (Fsp3) is 0.278. The Hall–Kier alpha value is -1.88. The number of carbonyl (C=O) groups is 1. The number of likely N-dealkylation sites (tertiary alicyclic amines) is 1. The molecule has 3 nitrogen and oxygen atoms in total. The highest BCUT2D eigenvalue weighted by Crippen LogP contribution is 2.32. The summed E-state index contributed by atoms with van der Waals surface area (Å²) in [4.78, 5) is 14.4. The van der Waals surface area contributed by atoms with Crippen molar-refractivity contribution in [2.75, 3.05) is 11.9 Å². The largest absolute Gasteiger partial charge is 0.322 e. The van der Waals surface area contributed by atoms with Gasteiger partial charge in [-0.25, -0.2) is 9.18 Å². The highest BCUT2D eigenvalue weighted by Gasteiger charge is 2.30. The molecule has 0 unspecified atom stereocenters. The molecule has 1 fully saturated rings. The molecule has 1 saturated heterocycles. The summed E-state index contributed by atoms with van der Waals surface area (Å²) >= 11 is 3.45. The Labute approximate surface area is 143 Å². The number of amides is 2. The lowest BCUT2D eigenvalue weighted by molar-refractivity contribution is 0.207. The first-order valence-electron chi connectivity index (χ1n) is 7.64. The number of hydrogen-bond acceptors (Lipinski definition) is 1. The molecule has 1 atom stereocenters. The smallest absolute Gasteiger partial charge is 0.317 e. The molecule has 1 heterocycles. The van der Waals surface area contributed by atoms with Gasteiger partial charge in [0.25, 0.3) is 0 Å². The fourth-order valence-corrected chi connectivity index (χ4v) is 3.23. The second kappa shape index (κ2) is 6.71. The molecule has 0 aromatic heterocycles. The van der Waals surface area contributed by atoms with Crippen molar-refractivity contribution in [3.8, 4) is 0 Å². The van der Waals surface area contributed by atoms with E-state index in [0.29, 0.717) is 6.54 Å². The normalized spacial score (nSPS) is 17.3. The van der Waals surface area contributed by atoms with Gasteiger partial charge in [-0.15, -0.1) is 0 Å². The second-order valence-electron chi connectivity index (χ2n) is 5.80. The maximum Gasteiger partial charge on any atom is 0.322 e. The zero-order chi connectivity index (χ0) is 16.4. The van der Waals surface area contributed by atoms with Crippen molar-refractivity contribution in [2.24, 2.45) is 0 Å². The van der Waals surface area contributed by atoms with Crippen LogP contribution in [-0.4, -0.2) is 17.5 Å². The molecule has 1 aliphatic rings. The van der Waals surface area contributed by atoms with Gasteiger partial charge in [-0.1, -0.05) is 28.1 Å². The van der Waals surface area contributed by atoms with Crippen LogP contribution in [0.4, 0.5) is 14.9 Å². The second-order valence-corrected chi connectivity index (χ2v) is 6.65. The molecule has 1 aliphatic heterocycles. The molecule has 23 heavy (non-hydrogen) atoms. The van der Waals surface area contributed by atoms with E-state index in [1.165, 1.54) is 12.1 Å². The van der Waals surface area contributed by atoms with E-state index in [2.05, 4.69) is 21.2 Å². The Bertz CT molecular complexity index is 735. The first-order chi connectivity index (χ1) is 11.0. The van der Waals surface area contributed by atoms with Crippen LogP contribution < -0.4 is 5.32 Å². The SMILES string of the molecule is Cc1cc(NC(=O)N2CCC[C@@H]2c2cccc(F)c2)ccc1Br.